The standard InChI is InChI=1S/C12H23N3/c1-10(2)5-6-13-7-12-8-14-9-15(12)11(3)4/h8-11,13H,5-7H2,1-4H3. The Hall–Kier alpha value is -0.830. The molecule has 0 aliphatic heterocycles. The molecule has 15 heavy (non-hydrogen) atoms. The summed E-state index contributed by atoms with van der Waals surface area (Å²) in [6.07, 6.45) is 5.09. The van der Waals surface area contributed by atoms with Gasteiger partial charge in [0.1, 0.15) is 0 Å². The van der Waals surface area contributed by atoms with Crippen LogP contribution < -0.4 is 5.32 Å². The second kappa shape index (κ2) is 5.91. The Kier molecular flexibility index (Phi) is 4.82. The predicted molar refractivity (Wildman–Crippen MR) is 63.8 cm³/mol. The molecule has 0 fully saturated rings. The third-order valence-corrected chi connectivity index (χ3v) is 2.51. The third kappa shape index (κ3) is 4.04. The van der Waals surface area contributed by atoms with Gasteiger partial charge in [-0.1, -0.05) is 13.8 Å². The molecular formula is C12H23N3. The fourth-order valence-electron chi connectivity index (χ4n) is 1.54. The van der Waals surface area contributed by atoms with Crippen molar-refractivity contribution in [1.29, 1.82) is 0 Å². The quantitative estimate of drug-likeness (QED) is 0.730. The second-order valence-corrected chi connectivity index (χ2v) is 4.75. The zero-order valence-corrected chi connectivity index (χ0v) is 10.3. The molecule has 0 aromatic carbocycles. The van der Waals surface area contributed by atoms with Crippen molar-refractivity contribution in [2.24, 2.45) is 5.92 Å². The summed E-state index contributed by atoms with van der Waals surface area (Å²) in [5.41, 5.74) is 1.27. The van der Waals surface area contributed by atoms with Crippen LogP contribution in [0.1, 0.15) is 45.9 Å². The van der Waals surface area contributed by atoms with Crippen molar-refractivity contribution >= 4 is 0 Å². The van der Waals surface area contributed by atoms with E-state index >= 15 is 0 Å². The average Bonchev–Trinajstić information content (AvgIpc) is 2.60. The van der Waals surface area contributed by atoms with Crippen LogP contribution in [0.15, 0.2) is 12.5 Å². The lowest BCUT2D eigenvalue weighted by atomic mass is 10.1. The minimum atomic E-state index is 0.495. The summed E-state index contributed by atoms with van der Waals surface area (Å²) in [7, 11) is 0. The van der Waals surface area contributed by atoms with Gasteiger partial charge in [-0.3, -0.25) is 0 Å². The summed E-state index contributed by atoms with van der Waals surface area (Å²) in [4.78, 5) is 4.18. The fraction of sp³-hybridized carbons (Fsp3) is 0.750. The first-order valence-electron chi connectivity index (χ1n) is 5.82. The van der Waals surface area contributed by atoms with Crippen LogP contribution >= 0.6 is 0 Å². The Morgan fingerprint density at radius 1 is 1.33 bits per heavy atom. The SMILES string of the molecule is CC(C)CCNCc1cncn1C(C)C. The third-order valence-electron chi connectivity index (χ3n) is 2.51. The van der Waals surface area contributed by atoms with Gasteiger partial charge in [-0.2, -0.15) is 0 Å². The van der Waals surface area contributed by atoms with Gasteiger partial charge in [0.05, 0.1) is 12.0 Å². The summed E-state index contributed by atoms with van der Waals surface area (Å²) in [5.74, 6) is 0.771. The highest BCUT2D eigenvalue weighted by Crippen LogP contribution is 2.08. The molecule has 0 atom stereocenters. The average molecular weight is 209 g/mol. The van der Waals surface area contributed by atoms with E-state index in [1.54, 1.807) is 0 Å². The summed E-state index contributed by atoms with van der Waals surface area (Å²) < 4.78 is 2.21. The normalized spacial score (nSPS) is 11.6. The first kappa shape index (κ1) is 12.2. The molecule has 0 aliphatic rings. The number of rotatable bonds is 6. The molecule has 1 N–H and O–H groups in total. The number of hydrogen-bond donors (Lipinski definition) is 1. The van der Waals surface area contributed by atoms with E-state index in [0.29, 0.717) is 6.04 Å². The van der Waals surface area contributed by atoms with Crippen LogP contribution in [0.5, 0.6) is 0 Å². The number of hydrogen-bond acceptors (Lipinski definition) is 2. The second-order valence-electron chi connectivity index (χ2n) is 4.75. The maximum atomic E-state index is 4.18. The van der Waals surface area contributed by atoms with Crippen molar-refractivity contribution < 1.29 is 0 Å². The summed E-state index contributed by atoms with van der Waals surface area (Å²) in [5, 5.41) is 3.45. The van der Waals surface area contributed by atoms with Gasteiger partial charge in [0, 0.05) is 18.8 Å². The first-order chi connectivity index (χ1) is 7.11. The molecule has 1 aromatic heterocycles. The van der Waals surface area contributed by atoms with Crippen molar-refractivity contribution in [1.82, 2.24) is 14.9 Å². The van der Waals surface area contributed by atoms with Crippen LogP contribution in [0, 0.1) is 5.92 Å². The van der Waals surface area contributed by atoms with Gasteiger partial charge in [-0.05, 0) is 32.7 Å². The van der Waals surface area contributed by atoms with Crippen molar-refractivity contribution in [3.8, 4) is 0 Å². The number of aromatic nitrogens is 2. The van der Waals surface area contributed by atoms with Gasteiger partial charge in [-0.15, -0.1) is 0 Å². The Morgan fingerprint density at radius 2 is 2.07 bits per heavy atom. The van der Waals surface area contributed by atoms with Gasteiger partial charge < -0.3 is 9.88 Å². The Morgan fingerprint density at radius 3 is 2.67 bits per heavy atom. The Balaban J connectivity index is 2.34. The molecule has 3 nitrogen and oxygen atoms in total. The molecule has 1 aromatic rings. The smallest absolute Gasteiger partial charge is 0.0951 e. The lowest BCUT2D eigenvalue weighted by Gasteiger charge is -2.12. The number of imidazole rings is 1. The largest absolute Gasteiger partial charge is 0.331 e. The van der Waals surface area contributed by atoms with Gasteiger partial charge in [0.25, 0.3) is 0 Å². The van der Waals surface area contributed by atoms with Crippen LogP contribution in [-0.2, 0) is 6.54 Å². The van der Waals surface area contributed by atoms with Crippen molar-refractivity contribution in [3.05, 3.63) is 18.2 Å². The highest BCUT2D eigenvalue weighted by molar-refractivity contribution is 4.99. The number of nitrogens with zero attached hydrogens (tertiary/aromatic N) is 2. The maximum absolute atomic E-state index is 4.18. The lowest BCUT2D eigenvalue weighted by molar-refractivity contribution is 0.513. The molecule has 0 amide bonds. The van der Waals surface area contributed by atoms with Crippen molar-refractivity contribution in [3.63, 3.8) is 0 Å². The number of nitrogens with one attached hydrogen (secondary N) is 1. The molecule has 0 radical (unpaired) electrons. The van der Waals surface area contributed by atoms with Crippen LogP contribution in [0.25, 0.3) is 0 Å². The van der Waals surface area contributed by atoms with E-state index < -0.39 is 0 Å². The highest BCUT2D eigenvalue weighted by Gasteiger charge is 2.04. The van der Waals surface area contributed by atoms with Crippen LogP contribution in [0.3, 0.4) is 0 Å². The first-order valence-corrected chi connectivity index (χ1v) is 5.82. The fourth-order valence-corrected chi connectivity index (χ4v) is 1.54. The van der Waals surface area contributed by atoms with E-state index in [0.717, 1.165) is 19.0 Å². The van der Waals surface area contributed by atoms with Crippen LogP contribution in [0.2, 0.25) is 0 Å². The lowest BCUT2D eigenvalue weighted by Crippen LogP contribution is -2.19. The molecule has 1 rings (SSSR count). The van der Waals surface area contributed by atoms with Gasteiger partial charge in [0.2, 0.25) is 0 Å². The molecule has 0 spiro atoms. The minimum Gasteiger partial charge on any atom is -0.331 e. The van der Waals surface area contributed by atoms with E-state index in [1.807, 2.05) is 12.5 Å². The topological polar surface area (TPSA) is 29.9 Å². The predicted octanol–water partition coefficient (Wildman–Crippen LogP) is 2.60. The summed E-state index contributed by atoms with van der Waals surface area (Å²) in [6, 6.07) is 0.495. The zero-order chi connectivity index (χ0) is 11.3. The molecule has 0 bridgehead atoms. The molecule has 86 valence electrons. The molecule has 0 saturated heterocycles. The van der Waals surface area contributed by atoms with Crippen LogP contribution in [0.4, 0.5) is 0 Å². The van der Waals surface area contributed by atoms with Gasteiger partial charge in [-0.25, -0.2) is 4.98 Å². The minimum absolute atomic E-state index is 0.495. The Labute approximate surface area is 92.9 Å². The molecule has 3 heteroatoms. The molecule has 0 saturated carbocycles. The van der Waals surface area contributed by atoms with E-state index in [1.165, 1.54) is 12.1 Å². The molecule has 0 unspecified atom stereocenters. The van der Waals surface area contributed by atoms with E-state index in [2.05, 4.69) is 42.6 Å². The molecule has 1 heterocycles. The molecular weight excluding hydrogens is 186 g/mol. The summed E-state index contributed by atoms with van der Waals surface area (Å²) in [6.45, 7) is 10.9. The summed E-state index contributed by atoms with van der Waals surface area (Å²) >= 11 is 0. The monoisotopic (exact) mass is 209 g/mol. The highest BCUT2D eigenvalue weighted by atomic mass is 15.1. The van der Waals surface area contributed by atoms with E-state index in [9.17, 15) is 0 Å². The van der Waals surface area contributed by atoms with Crippen molar-refractivity contribution in [2.75, 3.05) is 6.54 Å². The van der Waals surface area contributed by atoms with Gasteiger partial charge in [0.15, 0.2) is 0 Å². The van der Waals surface area contributed by atoms with E-state index in [4.69, 9.17) is 0 Å². The Bertz CT molecular complexity index is 276. The van der Waals surface area contributed by atoms with Gasteiger partial charge >= 0.3 is 0 Å². The van der Waals surface area contributed by atoms with Crippen LogP contribution in [-0.4, -0.2) is 16.1 Å². The van der Waals surface area contributed by atoms with Crippen molar-refractivity contribution in [2.45, 2.75) is 46.7 Å². The maximum Gasteiger partial charge on any atom is 0.0951 e. The molecule has 0 aliphatic carbocycles. The zero-order valence-electron chi connectivity index (χ0n) is 10.3. The van der Waals surface area contributed by atoms with E-state index in [-0.39, 0.29) is 0 Å².